The molecule has 1 unspecified atom stereocenters. The Labute approximate surface area is 155 Å². The average Bonchev–Trinajstić information content (AvgIpc) is 3.05. The van der Waals surface area contributed by atoms with E-state index >= 15 is 0 Å². The van der Waals surface area contributed by atoms with Gasteiger partial charge < -0.3 is 10.2 Å². The van der Waals surface area contributed by atoms with Gasteiger partial charge in [-0.3, -0.25) is 9.69 Å². The average molecular weight is 370 g/mol. The van der Waals surface area contributed by atoms with E-state index in [2.05, 4.69) is 47.2 Å². The largest absolute Gasteiger partial charge is 0.340 e. The fraction of sp³-hybridized carbons (Fsp3) is 0.611. The van der Waals surface area contributed by atoms with Gasteiger partial charge in [0, 0.05) is 50.2 Å². The number of hydrogen-bond donors (Lipinski definition) is 1. The second kappa shape index (κ2) is 9.09. The molecule has 1 N–H and O–H groups in total. The van der Waals surface area contributed by atoms with Gasteiger partial charge in [0.1, 0.15) is 0 Å². The van der Waals surface area contributed by atoms with Crippen LogP contribution in [0.1, 0.15) is 17.5 Å². The summed E-state index contributed by atoms with van der Waals surface area (Å²) in [6.45, 7) is 10.4. The van der Waals surface area contributed by atoms with Gasteiger partial charge in [0.2, 0.25) is 5.91 Å². The Balaban J connectivity index is 0.00000208. The third-order valence-electron chi connectivity index (χ3n) is 4.87. The van der Waals surface area contributed by atoms with E-state index in [1.807, 2.05) is 0 Å². The molecule has 2 saturated heterocycles. The lowest BCUT2D eigenvalue weighted by Gasteiger charge is -2.32. The van der Waals surface area contributed by atoms with Crippen LogP contribution < -0.4 is 5.32 Å². The Morgan fingerprint density at radius 1 is 1.25 bits per heavy atom. The van der Waals surface area contributed by atoms with Crippen molar-refractivity contribution in [2.75, 3.05) is 45.0 Å². The van der Waals surface area contributed by atoms with Crippen LogP contribution >= 0.6 is 24.2 Å². The quantitative estimate of drug-likeness (QED) is 0.826. The van der Waals surface area contributed by atoms with Crippen LogP contribution in [-0.4, -0.2) is 66.8 Å². The fourth-order valence-electron chi connectivity index (χ4n) is 3.51. The molecule has 0 bridgehead atoms. The summed E-state index contributed by atoms with van der Waals surface area (Å²) in [7, 11) is 0. The molecule has 4 nitrogen and oxygen atoms in total. The number of thioether (sulfide) groups is 1. The lowest BCUT2D eigenvalue weighted by Crippen LogP contribution is -2.49. The predicted octanol–water partition coefficient (Wildman–Crippen LogP) is 2.32. The third-order valence-corrected chi connectivity index (χ3v) is 6.03. The van der Waals surface area contributed by atoms with Gasteiger partial charge in [-0.2, -0.15) is 0 Å². The van der Waals surface area contributed by atoms with Crippen LogP contribution in [0.2, 0.25) is 0 Å². The maximum absolute atomic E-state index is 12.5. The lowest BCUT2D eigenvalue weighted by atomic mass is 10.2. The Kier molecular flexibility index (Phi) is 7.41. The molecule has 2 heterocycles. The van der Waals surface area contributed by atoms with Crippen molar-refractivity contribution in [1.29, 1.82) is 0 Å². The minimum atomic E-state index is 0. The molecule has 0 spiro atoms. The monoisotopic (exact) mass is 369 g/mol. The maximum atomic E-state index is 12.5. The topological polar surface area (TPSA) is 35.6 Å². The van der Waals surface area contributed by atoms with Crippen molar-refractivity contribution in [3.8, 4) is 0 Å². The van der Waals surface area contributed by atoms with Gasteiger partial charge >= 0.3 is 0 Å². The summed E-state index contributed by atoms with van der Waals surface area (Å²) in [5.41, 5.74) is 2.54. The van der Waals surface area contributed by atoms with Crippen molar-refractivity contribution < 1.29 is 4.79 Å². The maximum Gasteiger partial charge on any atom is 0.232 e. The summed E-state index contributed by atoms with van der Waals surface area (Å²) in [4.78, 5) is 18.3. The van der Waals surface area contributed by atoms with Crippen molar-refractivity contribution in [2.24, 2.45) is 0 Å². The Hall–Kier alpha value is -0.750. The molecule has 134 valence electrons. The normalized spacial score (nSPS) is 21.6. The number of benzene rings is 1. The Bertz CT molecular complexity index is 563. The number of carbonyl (C=O) groups is 1. The van der Waals surface area contributed by atoms with Crippen LogP contribution in [0.4, 0.5) is 0 Å². The molecular weight excluding hydrogens is 342 g/mol. The van der Waals surface area contributed by atoms with Crippen molar-refractivity contribution in [3.63, 3.8) is 0 Å². The Morgan fingerprint density at radius 3 is 2.71 bits per heavy atom. The predicted molar refractivity (Wildman–Crippen MR) is 103 cm³/mol. The standard InChI is InChI=1S/C18H27N3OS.ClH/c1-14-3-4-17(15(2)11-14)23-13-18(22)21-8-5-16(12-21)20-9-6-19-7-10-20;/h3-4,11,16,19H,5-10,12-13H2,1-2H3;1H. The van der Waals surface area contributed by atoms with E-state index in [4.69, 9.17) is 0 Å². The third kappa shape index (κ3) is 4.88. The van der Waals surface area contributed by atoms with Crippen LogP contribution in [0.5, 0.6) is 0 Å². The lowest BCUT2D eigenvalue weighted by molar-refractivity contribution is -0.127. The van der Waals surface area contributed by atoms with E-state index in [9.17, 15) is 4.79 Å². The van der Waals surface area contributed by atoms with Crippen LogP contribution in [0.3, 0.4) is 0 Å². The number of halogens is 1. The van der Waals surface area contributed by atoms with Crippen LogP contribution in [0.15, 0.2) is 23.1 Å². The summed E-state index contributed by atoms with van der Waals surface area (Å²) in [5.74, 6) is 0.839. The summed E-state index contributed by atoms with van der Waals surface area (Å²) in [6.07, 6.45) is 1.12. The number of carbonyl (C=O) groups excluding carboxylic acids is 1. The first kappa shape index (κ1) is 19.6. The molecule has 3 rings (SSSR count). The van der Waals surface area contributed by atoms with E-state index in [-0.39, 0.29) is 18.3 Å². The number of nitrogens with one attached hydrogen (secondary N) is 1. The summed E-state index contributed by atoms with van der Waals surface area (Å²) in [6, 6.07) is 7.00. The van der Waals surface area contributed by atoms with Gasteiger partial charge in [-0.05, 0) is 31.9 Å². The molecule has 24 heavy (non-hydrogen) atoms. The first-order chi connectivity index (χ1) is 11.1. The molecule has 6 heteroatoms. The van der Waals surface area contributed by atoms with Gasteiger partial charge in [-0.15, -0.1) is 24.2 Å². The van der Waals surface area contributed by atoms with E-state index in [0.717, 1.165) is 45.7 Å². The highest BCUT2D eigenvalue weighted by Crippen LogP contribution is 2.24. The van der Waals surface area contributed by atoms with Crippen LogP contribution in [-0.2, 0) is 4.79 Å². The molecule has 1 amide bonds. The van der Waals surface area contributed by atoms with Gasteiger partial charge in [-0.25, -0.2) is 0 Å². The van der Waals surface area contributed by atoms with Gasteiger partial charge in [0.25, 0.3) is 0 Å². The number of piperazine rings is 1. The number of likely N-dealkylation sites (tertiary alicyclic amines) is 1. The molecule has 2 aliphatic rings. The minimum Gasteiger partial charge on any atom is -0.340 e. The number of amides is 1. The highest BCUT2D eigenvalue weighted by Gasteiger charge is 2.30. The number of hydrogen-bond acceptors (Lipinski definition) is 4. The summed E-state index contributed by atoms with van der Waals surface area (Å²) < 4.78 is 0. The van der Waals surface area contributed by atoms with Crippen LogP contribution in [0.25, 0.3) is 0 Å². The van der Waals surface area contributed by atoms with E-state index < -0.39 is 0 Å². The molecular formula is C18H28ClN3OS. The van der Waals surface area contributed by atoms with Gasteiger partial charge in [0.15, 0.2) is 0 Å². The molecule has 0 aromatic heterocycles. The first-order valence-corrected chi connectivity index (χ1v) is 9.54. The Morgan fingerprint density at radius 2 is 2.00 bits per heavy atom. The highest BCUT2D eigenvalue weighted by atomic mass is 35.5. The zero-order valence-corrected chi connectivity index (χ0v) is 16.2. The fourth-order valence-corrected chi connectivity index (χ4v) is 4.42. The SMILES string of the molecule is Cc1ccc(SCC(=O)N2CCC(N3CCNCC3)C2)c(C)c1.Cl. The first-order valence-electron chi connectivity index (χ1n) is 8.56. The van der Waals surface area contributed by atoms with Crippen LogP contribution in [0, 0.1) is 13.8 Å². The second-order valence-electron chi connectivity index (χ2n) is 6.63. The molecule has 1 aromatic rings. The molecule has 1 aromatic carbocycles. The van der Waals surface area contributed by atoms with Crippen molar-refractivity contribution >= 4 is 30.1 Å². The molecule has 0 saturated carbocycles. The molecule has 2 aliphatic heterocycles. The molecule has 1 atom stereocenters. The van der Waals surface area contributed by atoms with Crippen molar-refractivity contribution in [3.05, 3.63) is 29.3 Å². The second-order valence-corrected chi connectivity index (χ2v) is 7.64. The van der Waals surface area contributed by atoms with Crippen molar-refractivity contribution in [2.45, 2.75) is 31.2 Å². The van der Waals surface area contributed by atoms with Crippen molar-refractivity contribution in [1.82, 2.24) is 15.1 Å². The minimum absolute atomic E-state index is 0. The molecule has 0 aliphatic carbocycles. The number of aryl methyl sites for hydroxylation is 2. The van der Waals surface area contributed by atoms with E-state index in [1.54, 1.807) is 11.8 Å². The van der Waals surface area contributed by atoms with E-state index in [1.165, 1.54) is 16.0 Å². The number of nitrogens with zero attached hydrogens (tertiary/aromatic N) is 2. The summed E-state index contributed by atoms with van der Waals surface area (Å²) in [5, 5.41) is 3.39. The number of rotatable bonds is 4. The molecule has 0 radical (unpaired) electrons. The van der Waals surface area contributed by atoms with E-state index in [0.29, 0.717) is 11.8 Å². The zero-order valence-electron chi connectivity index (χ0n) is 14.6. The summed E-state index contributed by atoms with van der Waals surface area (Å²) >= 11 is 1.67. The molecule has 2 fully saturated rings. The smallest absolute Gasteiger partial charge is 0.232 e. The van der Waals surface area contributed by atoms with Gasteiger partial charge in [0.05, 0.1) is 5.75 Å². The van der Waals surface area contributed by atoms with Gasteiger partial charge in [-0.1, -0.05) is 17.7 Å². The zero-order chi connectivity index (χ0) is 16.2. The highest BCUT2D eigenvalue weighted by molar-refractivity contribution is 8.00.